The lowest BCUT2D eigenvalue weighted by Crippen LogP contribution is -2.43. The van der Waals surface area contributed by atoms with Crippen LogP contribution in [0.5, 0.6) is 0 Å². The van der Waals surface area contributed by atoms with E-state index >= 15 is 0 Å². The van der Waals surface area contributed by atoms with E-state index in [2.05, 4.69) is 34.3 Å². The average molecular weight is 483 g/mol. The Bertz CT molecular complexity index is 1050. The highest BCUT2D eigenvalue weighted by atomic mass is 19.1. The van der Waals surface area contributed by atoms with Crippen LogP contribution in [0.15, 0.2) is 36.5 Å². The van der Waals surface area contributed by atoms with Crippen molar-refractivity contribution in [2.45, 2.75) is 64.5 Å². The van der Waals surface area contributed by atoms with Gasteiger partial charge in [0.05, 0.1) is 36.7 Å². The third-order valence-corrected chi connectivity index (χ3v) is 7.41. The molecule has 0 unspecified atom stereocenters. The summed E-state index contributed by atoms with van der Waals surface area (Å²) in [6.07, 6.45) is 2.77. The molecule has 2 aliphatic heterocycles. The number of morpholine rings is 1. The van der Waals surface area contributed by atoms with Crippen molar-refractivity contribution >= 4 is 28.8 Å². The number of nitrogens with one attached hydrogen (secondary N) is 1. The number of nitrogens with zero attached hydrogens (tertiary/aromatic N) is 3. The fraction of sp³-hybridized carbons (Fsp3) is 0.556. The molecule has 0 radical (unpaired) electrons. The molecule has 1 amide bonds. The van der Waals surface area contributed by atoms with Crippen LogP contribution in [0, 0.1) is 5.92 Å². The molecule has 1 N–H and O–H groups in total. The van der Waals surface area contributed by atoms with Gasteiger partial charge < -0.3 is 24.6 Å². The lowest BCUT2D eigenvalue weighted by molar-refractivity contribution is -0.126. The number of rotatable bonds is 5. The van der Waals surface area contributed by atoms with Gasteiger partial charge in [0.1, 0.15) is 12.0 Å². The summed E-state index contributed by atoms with van der Waals surface area (Å²) in [5.41, 5.74) is 3.65. The highest BCUT2D eigenvalue weighted by molar-refractivity contribution is 6.00. The molecule has 0 spiro atoms. The summed E-state index contributed by atoms with van der Waals surface area (Å²) in [6, 6.07) is 10.1. The van der Waals surface area contributed by atoms with Gasteiger partial charge in [-0.05, 0) is 56.9 Å². The van der Waals surface area contributed by atoms with Crippen molar-refractivity contribution in [3.05, 3.63) is 42.1 Å². The Morgan fingerprint density at radius 2 is 2.17 bits per heavy atom. The van der Waals surface area contributed by atoms with Crippen molar-refractivity contribution in [2.75, 3.05) is 41.4 Å². The number of pyridine rings is 1. The van der Waals surface area contributed by atoms with E-state index in [9.17, 15) is 9.18 Å². The largest absolute Gasteiger partial charge is 0.375 e. The van der Waals surface area contributed by atoms with Gasteiger partial charge in [-0.25, -0.2) is 9.37 Å². The summed E-state index contributed by atoms with van der Waals surface area (Å²) in [5, 5.41) is 3.43. The molecule has 8 heteroatoms. The number of amides is 1. The molecule has 1 aromatic carbocycles. The number of aromatic nitrogens is 1. The summed E-state index contributed by atoms with van der Waals surface area (Å²) in [5.74, 6) is 0.342. The van der Waals surface area contributed by atoms with E-state index in [1.165, 1.54) is 0 Å². The summed E-state index contributed by atoms with van der Waals surface area (Å²) in [4.78, 5) is 22.6. The molecule has 1 saturated carbocycles. The Morgan fingerprint density at radius 1 is 1.29 bits per heavy atom. The molecule has 2 fully saturated rings. The number of ether oxygens (including phenoxy) is 2. The molecule has 7 nitrogen and oxygen atoms in total. The van der Waals surface area contributed by atoms with E-state index in [4.69, 9.17) is 9.47 Å². The number of anilines is 4. The summed E-state index contributed by atoms with van der Waals surface area (Å²) in [7, 11) is 0. The van der Waals surface area contributed by atoms with E-state index in [1.54, 1.807) is 6.20 Å². The number of halogens is 1. The maximum atomic E-state index is 14.9. The number of hydrogen-bond acceptors (Lipinski definition) is 6. The molecule has 4 atom stereocenters. The molecule has 1 aromatic heterocycles. The minimum Gasteiger partial charge on any atom is -0.375 e. The van der Waals surface area contributed by atoms with Gasteiger partial charge in [0.2, 0.25) is 5.91 Å². The van der Waals surface area contributed by atoms with E-state index in [0.29, 0.717) is 32.6 Å². The SMILES string of the molecule is CCO[C@H]1CC[C@@H](C(=O)N2Cc3cccnc3Nc3ccc(N4CCO[C@H](CC)C4)cc32)C[C@@H]1F. The van der Waals surface area contributed by atoms with Crippen molar-refractivity contribution in [1.29, 1.82) is 0 Å². The molecular weight excluding hydrogens is 447 g/mol. The van der Waals surface area contributed by atoms with Crippen LogP contribution in [0.3, 0.4) is 0 Å². The van der Waals surface area contributed by atoms with Gasteiger partial charge in [-0.2, -0.15) is 0 Å². The number of fused-ring (bicyclic) bond motifs is 2. The highest BCUT2D eigenvalue weighted by Crippen LogP contribution is 2.40. The molecular formula is C27H35FN4O3. The Balaban J connectivity index is 1.46. The topological polar surface area (TPSA) is 66.9 Å². The Hall–Kier alpha value is -2.71. The maximum Gasteiger partial charge on any atom is 0.230 e. The molecule has 35 heavy (non-hydrogen) atoms. The van der Waals surface area contributed by atoms with Crippen LogP contribution in [0.25, 0.3) is 0 Å². The lowest BCUT2D eigenvalue weighted by Gasteiger charge is -2.36. The van der Waals surface area contributed by atoms with Crippen LogP contribution in [0.4, 0.5) is 27.3 Å². The van der Waals surface area contributed by atoms with Gasteiger partial charge >= 0.3 is 0 Å². The zero-order valence-corrected chi connectivity index (χ0v) is 20.6. The number of alkyl halides is 1. The van der Waals surface area contributed by atoms with E-state index in [1.807, 2.05) is 30.0 Å². The van der Waals surface area contributed by atoms with Crippen LogP contribution >= 0.6 is 0 Å². The fourth-order valence-electron chi connectivity index (χ4n) is 5.44. The third kappa shape index (κ3) is 5.00. The fourth-order valence-corrected chi connectivity index (χ4v) is 5.44. The van der Waals surface area contributed by atoms with Crippen LogP contribution in [0.1, 0.15) is 45.1 Å². The average Bonchev–Trinajstić information content (AvgIpc) is 3.06. The predicted octanol–water partition coefficient (Wildman–Crippen LogP) is 4.83. The minimum atomic E-state index is -1.12. The molecule has 188 valence electrons. The second-order valence-electron chi connectivity index (χ2n) is 9.63. The first-order chi connectivity index (χ1) is 17.1. The summed E-state index contributed by atoms with van der Waals surface area (Å²) < 4.78 is 26.3. The Morgan fingerprint density at radius 3 is 2.97 bits per heavy atom. The van der Waals surface area contributed by atoms with Crippen molar-refractivity contribution in [3.63, 3.8) is 0 Å². The van der Waals surface area contributed by atoms with E-state index in [0.717, 1.165) is 48.0 Å². The minimum absolute atomic E-state index is 0.0343. The Labute approximate surface area is 206 Å². The predicted molar refractivity (Wildman–Crippen MR) is 135 cm³/mol. The lowest BCUT2D eigenvalue weighted by atomic mass is 9.85. The second kappa shape index (κ2) is 10.5. The number of carbonyl (C=O) groups excluding carboxylic acids is 1. The van der Waals surface area contributed by atoms with Crippen molar-refractivity contribution in [3.8, 4) is 0 Å². The van der Waals surface area contributed by atoms with Gasteiger partial charge in [-0.15, -0.1) is 0 Å². The van der Waals surface area contributed by atoms with Crippen molar-refractivity contribution in [2.24, 2.45) is 5.92 Å². The van der Waals surface area contributed by atoms with Crippen molar-refractivity contribution < 1.29 is 18.7 Å². The van der Waals surface area contributed by atoms with Crippen LogP contribution in [-0.4, -0.2) is 55.6 Å². The first kappa shape index (κ1) is 24.0. The van der Waals surface area contributed by atoms with E-state index < -0.39 is 12.3 Å². The van der Waals surface area contributed by atoms with Crippen LogP contribution < -0.4 is 15.1 Å². The maximum absolute atomic E-state index is 14.9. The highest BCUT2D eigenvalue weighted by Gasteiger charge is 2.38. The molecule has 1 aliphatic carbocycles. The first-order valence-corrected chi connectivity index (χ1v) is 12.9. The smallest absolute Gasteiger partial charge is 0.230 e. The molecule has 5 rings (SSSR count). The summed E-state index contributed by atoms with van der Waals surface area (Å²) in [6.45, 7) is 7.22. The monoisotopic (exact) mass is 482 g/mol. The molecule has 3 aliphatic rings. The molecule has 2 aromatic rings. The third-order valence-electron chi connectivity index (χ3n) is 7.41. The summed E-state index contributed by atoms with van der Waals surface area (Å²) >= 11 is 0. The second-order valence-corrected chi connectivity index (χ2v) is 9.63. The number of carbonyl (C=O) groups is 1. The quantitative estimate of drug-likeness (QED) is 0.659. The molecule has 3 heterocycles. The van der Waals surface area contributed by atoms with Gasteiger partial charge in [-0.3, -0.25) is 4.79 Å². The normalized spacial score (nSPS) is 26.4. The van der Waals surface area contributed by atoms with E-state index in [-0.39, 0.29) is 24.3 Å². The zero-order chi connectivity index (χ0) is 24.4. The zero-order valence-electron chi connectivity index (χ0n) is 20.6. The Kier molecular flexibility index (Phi) is 7.20. The van der Waals surface area contributed by atoms with Crippen LogP contribution in [0.2, 0.25) is 0 Å². The standard InChI is InChI=1S/C27H35FN4O3/c1-3-21-17-31(12-13-35-21)20-8-9-23-24(15-20)32(16-19-6-5-11-29-26(19)30-23)27(33)18-7-10-25(34-4-2)22(28)14-18/h5-6,8-9,11,15,18,21-22,25H,3-4,7,10,12-14,16-17H2,1-2H3,(H,29,30)/t18-,21-,22+,25+/m1/s1. The number of benzene rings is 1. The van der Waals surface area contributed by atoms with Crippen molar-refractivity contribution in [1.82, 2.24) is 4.98 Å². The number of hydrogen-bond donors (Lipinski definition) is 1. The molecule has 0 bridgehead atoms. The van der Waals surface area contributed by atoms with Gasteiger partial charge in [-0.1, -0.05) is 13.0 Å². The first-order valence-electron chi connectivity index (χ1n) is 12.9. The van der Waals surface area contributed by atoms with Gasteiger partial charge in [0.15, 0.2) is 0 Å². The van der Waals surface area contributed by atoms with Gasteiger partial charge in [0, 0.05) is 43.1 Å². The van der Waals surface area contributed by atoms with Crippen LogP contribution in [-0.2, 0) is 20.8 Å². The molecule has 1 saturated heterocycles. The van der Waals surface area contributed by atoms with Gasteiger partial charge in [0.25, 0.3) is 0 Å².